The molecule has 0 amide bonds. The maximum absolute atomic E-state index is 2.48. The molecule has 1 aliphatic heterocycles. The first-order valence-corrected chi connectivity index (χ1v) is 5.42. The van der Waals surface area contributed by atoms with E-state index in [1.165, 1.54) is 38.8 Å². The summed E-state index contributed by atoms with van der Waals surface area (Å²) in [4.78, 5) is 2.48. The molecule has 1 unspecified atom stereocenters. The van der Waals surface area contributed by atoms with Gasteiger partial charge < -0.3 is 4.90 Å². The molecule has 1 heterocycles. The van der Waals surface area contributed by atoms with Gasteiger partial charge in [0.25, 0.3) is 0 Å². The molecule has 1 saturated heterocycles. The number of rotatable bonds is 2. The van der Waals surface area contributed by atoms with Crippen molar-refractivity contribution in [3.05, 3.63) is 0 Å². The first-order valence-electron chi connectivity index (χ1n) is 5.42. The lowest BCUT2D eigenvalue weighted by Crippen LogP contribution is -2.18. The first kappa shape index (κ1) is 10.0. The van der Waals surface area contributed by atoms with Gasteiger partial charge in [0.2, 0.25) is 0 Å². The number of hydrogen-bond donors (Lipinski definition) is 0. The highest BCUT2D eigenvalue weighted by Gasteiger charge is 2.20. The molecule has 0 N–H and O–H groups in total. The van der Waals surface area contributed by atoms with Crippen LogP contribution in [0, 0.1) is 11.8 Å². The van der Waals surface area contributed by atoms with Crippen molar-refractivity contribution in [2.24, 2.45) is 11.8 Å². The molecule has 0 aliphatic carbocycles. The lowest BCUT2D eigenvalue weighted by molar-refractivity contribution is 0.321. The molecule has 0 bridgehead atoms. The van der Waals surface area contributed by atoms with E-state index in [0.717, 1.165) is 11.8 Å². The minimum Gasteiger partial charge on any atom is -0.306 e. The highest BCUT2D eigenvalue weighted by atomic mass is 15.1. The molecule has 1 aliphatic rings. The lowest BCUT2D eigenvalue weighted by Gasteiger charge is -2.19. The van der Waals surface area contributed by atoms with Gasteiger partial charge in [0.15, 0.2) is 0 Å². The quantitative estimate of drug-likeness (QED) is 0.614. The Morgan fingerprint density at radius 1 is 1.25 bits per heavy atom. The summed E-state index contributed by atoms with van der Waals surface area (Å²) in [5.41, 5.74) is 0. The number of hydrogen-bond acceptors (Lipinski definition) is 1. The molecule has 0 aromatic rings. The molecule has 0 spiro atoms. The summed E-state index contributed by atoms with van der Waals surface area (Å²) in [7, 11) is 2.25. The molecule has 1 fully saturated rings. The molecule has 1 heteroatoms. The molecule has 0 aromatic carbocycles. The van der Waals surface area contributed by atoms with Gasteiger partial charge in [-0.1, -0.05) is 26.7 Å². The second-order valence-corrected chi connectivity index (χ2v) is 4.41. The van der Waals surface area contributed by atoms with Crippen LogP contribution in [0.15, 0.2) is 0 Å². The van der Waals surface area contributed by atoms with Crippen LogP contribution in [-0.2, 0) is 0 Å². The fourth-order valence-electron chi connectivity index (χ4n) is 2.24. The molecule has 0 radical (unpaired) electrons. The predicted molar refractivity (Wildman–Crippen MR) is 54.3 cm³/mol. The molecule has 0 aromatic heterocycles. The Balaban J connectivity index is 2.38. The van der Waals surface area contributed by atoms with Crippen LogP contribution in [0.25, 0.3) is 0 Å². The second-order valence-electron chi connectivity index (χ2n) is 4.41. The Hall–Kier alpha value is -0.0400. The maximum atomic E-state index is 2.48. The van der Waals surface area contributed by atoms with E-state index in [-0.39, 0.29) is 0 Å². The fraction of sp³-hybridized carbons (Fsp3) is 1.00. The summed E-state index contributed by atoms with van der Waals surface area (Å²) in [6, 6.07) is 0. The van der Waals surface area contributed by atoms with Crippen molar-refractivity contribution in [1.82, 2.24) is 4.90 Å². The van der Waals surface area contributed by atoms with E-state index >= 15 is 0 Å². The van der Waals surface area contributed by atoms with Gasteiger partial charge >= 0.3 is 0 Å². The van der Waals surface area contributed by atoms with Crippen molar-refractivity contribution in [2.45, 2.75) is 39.5 Å². The van der Waals surface area contributed by atoms with Gasteiger partial charge in [-0.05, 0) is 44.8 Å². The van der Waals surface area contributed by atoms with Crippen LogP contribution in [0.5, 0.6) is 0 Å². The standard InChI is InChI=1S/C11H23N/c1-4-5-11-7-9-12(3)8-6-10(11)2/h10-11H,4-9H2,1-3H3/t10-,11?/m0/s1. The molecular weight excluding hydrogens is 146 g/mol. The minimum atomic E-state index is 0.954. The molecule has 1 rings (SSSR count). The Bertz CT molecular complexity index is 122. The van der Waals surface area contributed by atoms with Gasteiger partial charge in [-0.25, -0.2) is 0 Å². The highest BCUT2D eigenvalue weighted by molar-refractivity contribution is 4.73. The van der Waals surface area contributed by atoms with Crippen molar-refractivity contribution in [2.75, 3.05) is 20.1 Å². The lowest BCUT2D eigenvalue weighted by atomic mass is 9.86. The largest absolute Gasteiger partial charge is 0.306 e. The van der Waals surface area contributed by atoms with Gasteiger partial charge in [0.1, 0.15) is 0 Å². The monoisotopic (exact) mass is 169 g/mol. The summed E-state index contributed by atoms with van der Waals surface area (Å²) >= 11 is 0. The third kappa shape index (κ3) is 2.78. The summed E-state index contributed by atoms with van der Waals surface area (Å²) in [5.74, 6) is 1.95. The van der Waals surface area contributed by atoms with Crippen molar-refractivity contribution in [1.29, 1.82) is 0 Å². The molecular formula is C11H23N. The molecule has 72 valence electrons. The third-order valence-electron chi connectivity index (χ3n) is 3.31. The summed E-state index contributed by atoms with van der Waals surface area (Å²) in [5, 5.41) is 0. The van der Waals surface area contributed by atoms with E-state index in [1.807, 2.05) is 0 Å². The Morgan fingerprint density at radius 3 is 2.58 bits per heavy atom. The van der Waals surface area contributed by atoms with Crippen molar-refractivity contribution < 1.29 is 0 Å². The zero-order chi connectivity index (χ0) is 8.97. The van der Waals surface area contributed by atoms with Gasteiger partial charge in [-0.2, -0.15) is 0 Å². The van der Waals surface area contributed by atoms with Crippen LogP contribution in [-0.4, -0.2) is 25.0 Å². The SMILES string of the molecule is CCCC1CCN(C)CC[C@@H]1C. The minimum absolute atomic E-state index is 0.954. The van der Waals surface area contributed by atoms with Crippen LogP contribution < -0.4 is 0 Å². The first-order chi connectivity index (χ1) is 5.74. The average molecular weight is 169 g/mol. The third-order valence-corrected chi connectivity index (χ3v) is 3.31. The summed E-state index contributed by atoms with van der Waals surface area (Å²) in [6.45, 7) is 7.36. The predicted octanol–water partition coefficient (Wildman–Crippen LogP) is 2.76. The normalized spacial score (nSPS) is 33.2. The summed E-state index contributed by atoms with van der Waals surface area (Å²) in [6.07, 6.45) is 5.63. The second kappa shape index (κ2) is 4.86. The number of nitrogens with zero attached hydrogens (tertiary/aromatic N) is 1. The van der Waals surface area contributed by atoms with Crippen molar-refractivity contribution in [3.63, 3.8) is 0 Å². The fourth-order valence-corrected chi connectivity index (χ4v) is 2.24. The van der Waals surface area contributed by atoms with Crippen LogP contribution in [0.1, 0.15) is 39.5 Å². The van der Waals surface area contributed by atoms with E-state index in [0.29, 0.717) is 0 Å². The van der Waals surface area contributed by atoms with E-state index in [4.69, 9.17) is 0 Å². The van der Waals surface area contributed by atoms with Crippen LogP contribution in [0.4, 0.5) is 0 Å². The van der Waals surface area contributed by atoms with Gasteiger partial charge in [-0.15, -0.1) is 0 Å². The van der Waals surface area contributed by atoms with E-state index < -0.39 is 0 Å². The molecule has 2 atom stereocenters. The van der Waals surface area contributed by atoms with E-state index in [2.05, 4.69) is 25.8 Å². The highest BCUT2D eigenvalue weighted by Crippen LogP contribution is 2.26. The van der Waals surface area contributed by atoms with Gasteiger partial charge in [0, 0.05) is 0 Å². The zero-order valence-electron chi connectivity index (χ0n) is 8.84. The van der Waals surface area contributed by atoms with E-state index in [1.54, 1.807) is 0 Å². The zero-order valence-corrected chi connectivity index (χ0v) is 8.84. The average Bonchev–Trinajstić information content (AvgIpc) is 2.20. The van der Waals surface area contributed by atoms with Gasteiger partial charge in [0.05, 0.1) is 0 Å². The van der Waals surface area contributed by atoms with E-state index in [9.17, 15) is 0 Å². The van der Waals surface area contributed by atoms with Crippen molar-refractivity contribution in [3.8, 4) is 0 Å². The Morgan fingerprint density at radius 2 is 1.92 bits per heavy atom. The molecule has 0 saturated carbocycles. The van der Waals surface area contributed by atoms with Crippen LogP contribution in [0.2, 0.25) is 0 Å². The summed E-state index contributed by atoms with van der Waals surface area (Å²) < 4.78 is 0. The van der Waals surface area contributed by atoms with Crippen molar-refractivity contribution >= 4 is 0 Å². The Kier molecular flexibility index (Phi) is 4.07. The van der Waals surface area contributed by atoms with Gasteiger partial charge in [-0.3, -0.25) is 0 Å². The molecule has 12 heavy (non-hydrogen) atoms. The number of likely N-dealkylation sites (tertiary alicyclic amines) is 1. The molecule has 1 nitrogen and oxygen atoms in total. The smallest absolute Gasteiger partial charge is 0.00190 e. The van der Waals surface area contributed by atoms with Crippen LogP contribution >= 0.6 is 0 Å². The Labute approximate surface area is 77.1 Å². The maximum Gasteiger partial charge on any atom is -0.00190 e. The van der Waals surface area contributed by atoms with Crippen LogP contribution in [0.3, 0.4) is 0 Å². The topological polar surface area (TPSA) is 3.24 Å².